The minimum Gasteiger partial charge on any atom is -0.340 e. The zero-order chi connectivity index (χ0) is 15.5. The molecule has 0 saturated carbocycles. The van der Waals surface area contributed by atoms with E-state index in [4.69, 9.17) is 0 Å². The van der Waals surface area contributed by atoms with Crippen LogP contribution in [0, 0.1) is 0 Å². The Balaban J connectivity index is 1.70. The van der Waals surface area contributed by atoms with E-state index in [1.165, 1.54) is 10.9 Å². The Bertz CT molecular complexity index is 740. The van der Waals surface area contributed by atoms with Gasteiger partial charge in [0.05, 0.1) is 17.2 Å². The van der Waals surface area contributed by atoms with E-state index in [1.54, 1.807) is 6.07 Å². The second-order valence-electron chi connectivity index (χ2n) is 5.71. The van der Waals surface area contributed by atoms with E-state index < -0.39 is 0 Å². The van der Waals surface area contributed by atoms with E-state index in [1.807, 2.05) is 23.1 Å². The second-order valence-corrected chi connectivity index (χ2v) is 5.71. The number of carbonyl (C=O) groups excluding carboxylic acids is 1. The fraction of sp³-hybridized carbons (Fsp3) is 0.438. The molecule has 0 aliphatic carbocycles. The summed E-state index contributed by atoms with van der Waals surface area (Å²) in [4.78, 5) is 30.7. The fourth-order valence-electron chi connectivity index (χ4n) is 2.80. The lowest BCUT2D eigenvalue weighted by Crippen LogP contribution is -2.51. The summed E-state index contributed by atoms with van der Waals surface area (Å²) in [6, 6.07) is 7.58. The molecule has 1 aliphatic heterocycles. The van der Waals surface area contributed by atoms with Crippen molar-refractivity contribution in [3.8, 4) is 0 Å². The number of benzene rings is 1. The highest BCUT2D eigenvalue weighted by Gasteiger charge is 2.20. The number of amides is 1. The lowest BCUT2D eigenvalue weighted by Gasteiger charge is -2.32. The predicted molar refractivity (Wildman–Crippen MR) is 84.7 cm³/mol. The molecule has 0 unspecified atom stereocenters. The number of aromatic nitrogens is 2. The van der Waals surface area contributed by atoms with Gasteiger partial charge in [0, 0.05) is 38.6 Å². The van der Waals surface area contributed by atoms with Crippen molar-refractivity contribution in [1.82, 2.24) is 19.8 Å². The van der Waals surface area contributed by atoms with Gasteiger partial charge >= 0.3 is 0 Å². The minimum absolute atomic E-state index is 0.0907. The molecule has 3 rings (SSSR count). The Kier molecular flexibility index (Phi) is 4.20. The third kappa shape index (κ3) is 3.01. The number of hydrogen-bond donors (Lipinski definition) is 1. The first-order valence-electron chi connectivity index (χ1n) is 7.60. The molecule has 1 atom stereocenters. The number of fused-ring (bicyclic) bond motifs is 1. The Morgan fingerprint density at radius 3 is 3.05 bits per heavy atom. The molecule has 1 aliphatic rings. The summed E-state index contributed by atoms with van der Waals surface area (Å²) in [5.41, 5.74) is 0.595. The average Bonchev–Trinajstić information content (AvgIpc) is 2.54. The number of para-hydroxylation sites is 1. The zero-order valence-corrected chi connectivity index (χ0v) is 12.7. The monoisotopic (exact) mass is 300 g/mol. The molecule has 6 nitrogen and oxygen atoms in total. The average molecular weight is 300 g/mol. The molecule has 116 valence electrons. The third-order valence-electron chi connectivity index (χ3n) is 4.02. The summed E-state index contributed by atoms with van der Waals surface area (Å²) in [6.07, 6.45) is 1.85. The maximum absolute atomic E-state index is 12.4. The van der Waals surface area contributed by atoms with Crippen molar-refractivity contribution in [3.63, 3.8) is 0 Å². The van der Waals surface area contributed by atoms with Crippen molar-refractivity contribution < 1.29 is 4.79 Å². The van der Waals surface area contributed by atoms with E-state index in [0.29, 0.717) is 29.9 Å². The second kappa shape index (κ2) is 6.27. The molecule has 1 amide bonds. The number of rotatable bonds is 3. The van der Waals surface area contributed by atoms with E-state index in [0.717, 1.165) is 19.6 Å². The molecule has 1 aromatic heterocycles. The molecule has 0 radical (unpaired) electrons. The summed E-state index contributed by atoms with van der Waals surface area (Å²) in [6.45, 7) is 4.72. The molecule has 0 spiro atoms. The minimum atomic E-state index is -0.0907. The van der Waals surface area contributed by atoms with Crippen molar-refractivity contribution in [1.29, 1.82) is 0 Å². The van der Waals surface area contributed by atoms with Crippen LogP contribution in [0.15, 0.2) is 35.4 Å². The Morgan fingerprint density at radius 1 is 1.41 bits per heavy atom. The number of nitrogens with zero attached hydrogens (tertiary/aromatic N) is 3. The molecule has 2 aromatic rings. The maximum Gasteiger partial charge on any atom is 0.261 e. The number of nitrogens with one attached hydrogen (secondary N) is 1. The van der Waals surface area contributed by atoms with Crippen LogP contribution in [0.3, 0.4) is 0 Å². The van der Waals surface area contributed by atoms with Gasteiger partial charge in [0.15, 0.2) is 0 Å². The molecular weight excluding hydrogens is 280 g/mol. The van der Waals surface area contributed by atoms with Gasteiger partial charge in [-0.1, -0.05) is 12.1 Å². The van der Waals surface area contributed by atoms with Crippen LogP contribution in [0.4, 0.5) is 0 Å². The van der Waals surface area contributed by atoms with Crippen molar-refractivity contribution in [2.45, 2.75) is 25.9 Å². The Labute approximate surface area is 128 Å². The summed E-state index contributed by atoms with van der Waals surface area (Å²) in [5.74, 6) is 0.0911. The highest BCUT2D eigenvalue weighted by Crippen LogP contribution is 2.06. The van der Waals surface area contributed by atoms with Crippen LogP contribution in [0.25, 0.3) is 10.9 Å². The SMILES string of the molecule is C[C@H]1CN(C(=O)CCn2cnc3ccccc3c2=O)CCN1. The van der Waals surface area contributed by atoms with Gasteiger partial charge in [0.1, 0.15) is 0 Å². The van der Waals surface area contributed by atoms with E-state index >= 15 is 0 Å². The largest absolute Gasteiger partial charge is 0.340 e. The van der Waals surface area contributed by atoms with Crippen LogP contribution in [0.5, 0.6) is 0 Å². The quantitative estimate of drug-likeness (QED) is 0.902. The van der Waals surface area contributed by atoms with Gasteiger partial charge in [0.2, 0.25) is 5.91 Å². The predicted octanol–water partition coefficient (Wildman–Crippen LogP) is 0.607. The molecular formula is C16H20N4O2. The first kappa shape index (κ1) is 14.7. The van der Waals surface area contributed by atoms with Crippen molar-refractivity contribution in [3.05, 3.63) is 40.9 Å². The van der Waals surface area contributed by atoms with Crippen LogP contribution >= 0.6 is 0 Å². The van der Waals surface area contributed by atoms with Crippen LogP contribution in [0.1, 0.15) is 13.3 Å². The number of hydrogen-bond acceptors (Lipinski definition) is 4. The standard InChI is InChI=1S/C16H20N4O2/c1-12-10-19(9-7-17-12)15(21)6-8-20-11-18-14-5-3-2-4-13(14)16(20)22/h2-5,11-12,17H,6-10H2,1H3/t12-/m0/s1. The third-order valence-corrected chi connectivity index (χ3v) is 4.02. The first-order chi connectivity index (χ1) is 10.6. The number of piperazine rings is 1. The van der Waals surface area contributed by atoms with Crippen LogP contribution in [-0.4, -0.2) is 46.0 Å². The van der Waals surface area contributed by atoms with Crippen LogP contribution in [-0.2, 0) is 11.3 Å². The fourth-order valence-corrected chi connectivity index (χ4v) is 2.80. The normalized spacial score (nSPS) is 18.6. The Hall–Kier alpha value is -2.21. The molecule has 1 fully saturated rings. The van der Waals surface area contributed by atoms with Crippen LogP contribution < -0.4 is 10.9 Å². The summed E-state index contributed by atoms with van der Waals surface area (Å²) < 4.78 is 1.52. The van der Waals surface area contributed by atoms with Gasteiger partial charge in [-0.15, -0.1) is 0 Å². The highest BCUT2D eigenvalue weighted by molar-refractivity contribution is 5.77. The van der Waals surface area contributed by atoms with Gasteiger partial charge in [0.25, 0.3) is 5.56 Å². The maximum atomic E-state index is 12.4. The molecule has 1 saturated heterocycles. The van der Waals surface area contributed by atoms with Crippen LogP contribution in [0.2, 0.25) is 0 Å². The molecule has 0 bridgehead atoms. The van der Waals surface area contributed by atoms with Gasteiger partial charge in [-0.3, -0.25) is 14.2 Å². The lowest BCUT2D eigenvalue weighted by atomic mass is 10.2. The van der Waals surface area contributed by atoms with Crippen molar-refractivity contribution in [2.24, 2.45) is 0 Å². The molecule has 22 heavy (non-hydrogen) atoms. The van der Waals surface area contributed by atoms with Gasteiger partial charge in [-0.2, -0.15) is 0 Å². The van der Waals surface area contributed by atoms with Crippen molar-refractivity contribution in [2.75, 3.05) is 19.6 Å². The molecule has 1 N–H and O–H groups in total. The first-order valence-corrected chi connectivity index (χ1v) is 7.60. The van der Waals surface area contributed by atoms with Gasteiger partial charge < -0.3 is 10.2 Å². The van der Waals surface area contributed by atoms with E-state index in [-0.39, 0.29) is 11.5 Å². The molecule has 1 aromatic carbocycles. The smallest absolute Gasteiger partial charge is 0.261 e. The van der Waals surface area contributed by atoms with Gasteiger partial charge in [-0.05, 0) is 19.1 Å². The summed E-state index contributed by atoms with van der Waals surface area (Å²) in [5, 5.41) is 3.90. The van der Waals surface area contributed by atoms with E-state index in [9.17, 15) is 9.59 Å². The number of aryl methyl sites for hydroxylation is 1. The zero-order valence-electron chi connectivity index (χ0n) is 12.7. The summed E-state index contributed by atoms with van der Waals surface area (Å²) >= 11 is 0. The van der Waals surface area contributed by atoms with Crippen molar-refractivity contribution >= 4 is 16.8 Å². The highest BCUT2D eigenvalue weighted by atomic mass is 16.2. The Morgan fingerprint density at radius 2 is 2.23 bits per heavy atom. The molecule has 6 heteroatoms. The lowest BCUT2D eigenvalue weighted by molar-refractivity contribution is -0.132. The topological polar surface area (TPSA) is 67.2 Å². The van der Waals surface area contributed by atoms with E-state index in [2.05, 4.69) is 17.2 Å². The summed E-state index contributed by atoms with van der Waals surface area (Å²) in [7, 11) is 0. The molecule has 2 heterocycles. The number of carbonyl (C=O) groups is 1. The van der Waals surface area contributed by atoms with Gasteiger partial charge in [-0.25, -0.2) is 4.98 Å².